The molecule has 6 N–H and O–H groups in total. The van der Waals surface area contributed by atoms with Gasteiger partial charge in [0, 0.05) is 6.92 Å². The highest BCUT2D eigenvalue weighted by atomic mass is 16.5. The molecule has 20 heavy (non-hydrogen) atoms. The Morgan fingerprint density at radius 1 is 1.25 bits per heavy atom. The average Bonchev–Trinajstić information content (AvgIpc) is 2.39. The Morgan fingerprint density at radius 2 is 1.80 bits per heavy atom. The van der Waals surface area contributed by atoms with Crippen molar-refractivity contribution in [2.75, 3.05) is 13.2 Å². The van der Waals surface area contributed by atoms with Crippen molar-refractivity contribution in [3.05, 3.63) is 12.3 Å². The molecule has 9 nitrogen and oxygen atoms in total. The first-order valence-electron chi connectivity index (χ1n) is 5.68. The zero-order valence-corrected chi connectivity index (χ0v) is 10.9. The molecular weight excluding hydrogens is 274 g/mol. The van der Waals surface area contributed by atoms with Crippen LogP contribution in [-0.2, 0) is 14.3 Å². The number of rotatable bonds is 9. The third-order valence-corrected chi connectivity index (χ3v) is 2.42. The van der Waals surface area contributed by atoms with Crippen molar-refractivity contribution in [3.8, 4) is 0 Å². The molecule has 0 rings (SSSR count). The van der Waals surface area contributed by atoms with Crippen LogP contribution in [0.1, 0.15) is 6.92 Å². The summed E-state index contributed by atoms with van der Waals surface area (Å²) in [4.78, 5) is 21.7. The predicted molar refractivity (Wildman–Crippen MR) is 65.4 cm³/mol. The van der Waals surface area contributed by atoms with Gasteiger partial charge in [0.25, 0.3) is 0 Å². The van der Waals surface area contributed by atoms with Crippen LogP contribution in [0.25, 0.3) is 0 Å². The number of carboxylic acid groups (broad SMARTS) is 1. The standard InChI is InChI=1S/C11H19NO8/c1-5(11(18)19)20-10(9(17)8(16)4-14)7(3-13)12-6(2)15/h7-10,13-14,16-17H,1,3-4H2,2H3,(H,12,15)(H,18,19)/t7-,8-,9-,10?/m1/s1. The van der Waals surface area contributed by atoms with Gasteiger partial charge in [0.2, 0.25) is 5.91 Å². The highest BCUT2D eigenvalue weighted by molar-refractivity contribution is 5.83. The first kappa shape index (κ1) is 18.3. The van der Waals surface area contributed by atoms with E-state index in [0.717, 1.165) is 6.92 Å². The van der Waals surface area contributed by atoms with Crippen LogP contribution in [0.5, 0.6) is 0 Å². The number of hydrogen-bond acceptors (Lipinski definition) is 7. The van der Waals surface area contributed by atoms with Gasteiger partial charge in [-0.1, -0.05) is 0 Å². The number of ether oxygens (including phenoxy) is 1. The van der Waals surface area contributed by atoms with Gasteiger partial charge in [-0.05, 0) is 6.58 Å². The normalized spacial score (nSPS) is 16.6. The van der Waals surface area contributed by atoms with Crippen molar-refractivity contribution in [2.24, 2.45) is 0 Å². The van der Waals surface area contributed by atoms with Crippen LogP contribution in [0.3, 0.4) is 0 Å². The highest BCUT2D eigenvalue weighted by Gasteiger charge is 2.36. The summed E-state index contributed by atoms with van der Waals surface area (Å²) >= 11 is 0. The Balaban J connectivity index is 5.15. The predicted octanol–water partition coefficient (Wildman–Crippen LogP) is -2.82. The van der Waals surface area contributed by atoms with Crippen LogP contribution in [0.4, 0.5) is 0 Å². The fraction of sp³-hybridized carbons (Fsp3) is 0.636. The fourth-order valence-electron chi connectivity index (χ4n) is 1.42. The molecule has 0 aliphatic carbocycles. The third kappa shape index (κ3) is 5.53. The van der Waals surface area contributed by atoms with E-state index in [-0.39, 0.29) is 0 Å². The van der Waals surface area contributed by atoms with Gasteiger partial charge in [-0.2, -0.15) is 0 Å². The molecule has 0 radical (unpaired) electrons. The Kier molecular flexibility index (Phi) is 7.77. The van der Waals surface area contributed by atoms with Crippen molar-refractivity contribution in [3.63, 3.8) is 0 Å². The molecule has 116 valence electrons. The topological polar surface area (TPSA) is 157 Å². The molecule has 1 unspecified atom stereocenters. The molecule has 0 saturated heterocycles. The highest BCUT2D eigenvalue weighted by Crippen LogP contribution is 2.13. The summed E-state index contributed by atoms with van der Waals surface area (Å²) in [5, 5.41) is 48.0. The number of nitrogens with one attached hydrogen (secondary N) is 1. The van der Waals surface area contributed by atoms with Gasteiger partial charge in [0.15, 0.2) is 5.76 Å². The first-order valence-corrected chi connectivity index (χ1v) is 5.68. The molecule has 1 amide bonds. The molecule has 0 aromatic heterocycles. The summed E-state index contributed by atoms with van der Waals surface area (Å²) in [7, 11) is 0. The van der Waals surface area contributed by atoms with Crippen molar-refractivity contribution in [1.29, 1.82) is 0 Å². The molecule has 0 heterocycles. The minimum Gasteiger partial charge on any atom is -0.479 e. The SMILES string of the molecule is C=C(OC([C@@H](CO)NC(C)=O)[C@H](O)[C@H](O)CO)C(=O)O. The fourth-order valence-corrected chi connectivity index (χ4v) is 1.42. The molecule has 0 aromatic carbocycles. The Hall–Kier alpha value is -1.68. The molecule has 0 spiro atoms. The molecule has 0 fully saturated rings. The van der Waals surface area contributed by atoms with Gasteiger partial charge in [0.05, 0.1) is 19.3 Å². The minimum atomic E-state index is -1.75. The third-order valence-electron chi connectivity index (χ3n) is 2.42. The van der Waals surface area contributed by atoms with Crippen LogP contribution in [0.2, 0.25) is 0 Å². The molecule has 0 saturated carbocycles. The van der Waals surface area contributed by atoms with E-state index in [1.807, 2.05) is 0 Å². The number of carbonyl (C=O) groups excluding carboxylic acids is 1. The van der Waals surface area contributed by atoms with Crippen LogP contribution in [-0.4, -0.2) is 75.0 Å². The first-order chi connectivity index (χ1) is 9.24. The molecule has 0 aliphatic rings. The van der Waals surface area contributed by atoms with Gasteiger partial charge in [-0.25, -0.2) is 4.79 Å². The Labute approximate surface area is 115 Å². The summed E-state index contributed by atoms with van der Waals surface area (Å²) in [6.07, 6.45) is -4.90. The second kappa shape index (κ2) is 8.48. The lowest BCUT2D eigenvalue weighted by molar-refractivity contribution is -0.144. The molecule has 0 aliphatic heterocycles. The number of aliphatic hydroxyl groups excluding tert-OH is 4. The van der Waals surface area contributed by atoms with Crippen molar-refractivity contribution in [1.82, 2.24) is 5.32 Å². The van der Waals surface area contributed by atoms with Crippen LogP contribution < -0.4 is 5.32 Å². The Morgan fingerprint density at radius 3 is 2.15 bits per heavy atom. The monoisotopic (exact) mass is 293 g/mol. The van der Waals surface area contributed by atoms with E-state index in [1.165, 1.54) is 0 Å². The number of aliphatic hydroxyl groups is 4. The van der Waals surface area contributed by atoms with Crippen LogP contribution in [0.15, 0.2) is 12.3 Å². The summed E-state index contributed by atoms with van der Waals surface area (Å²) < 4.78 is 4.86. The van der Waals surface area contributed by atoms with Gasteiger partial charge in [-0.3, -0.25) is 4.79 Å². The van der Waals surface area contributed by atoms with E-state index in [0.29, 0.717) is 0 Å². The van der Waals surface area contributed by atoms with Crippen molar-refractivity contribution < 1.29 is 39.9 Å². The maximum atomic E-state index is 11.0. The smallest absolute Gasteiger partial charge is 0.370 e. The summed E-state index contributed by atoms with van der Waals surface area (Å²) in [6.45, 7) is 2.72. The van der Waals surface area contributed by atoms with Gasteiger partial charge in [-0.15, -0.1) is 0 Å². The van der Waals surface area contributed by atoms with Crippen LogP contribution in [0, 0.1) is 0 Å². The maximum absolute atomic E-state index is 11.0. The van der Waals surface area contributed by atoms with E-state index in [2.05, 4.69) is 11.9 Å². The molecule has 0 aromatic rings. The number of carbonyl (C=O) groups is 2. The van der Waals surface area contributed by atoms with Crippen LogP contribution >= 0.6 is 0 Å². The van der Waals surface area contributed by atoms with Gasteiger partial charge >= 0.3 is 5.97 Å². The zero-order chi connectivity index (χ0) is 15.9. The minimum absolute atomic E-state index is 0.565. The number of amides is 1. The van der Waals surface area contributed by atoms with Gasteiger partial charge < -0.3 is 35.6 Å². The lowest BCUT2D eigenvalue weighted by Crippen LogP contribution is -2.55. The summed E-state index contributed by atoms with van der Waals surface area (Å²) in [5.41, 5.74) is 0. The molecule has 0 bridgehead atoms. The number of aliphatic carboxylic acids is 1. The quantitative estimate of drug-likeness (QED) is 0.196. The molecule has 9 heteroatoms. The average molecular weight is 293 g/mol. The lowest BCUT2D eigenvalue weighted by atomic mass is 10.0. The molecule has 4 atom stereocenters. The number of hydrogen-bond donors (Lipinski definition) is 6. The second-order valence-corrected chi connectivity index (χ2v) is 4.04. The maximum Gasteiger partial charge on any atom is 0.370 e. The second-order valence-electron chi connectivity index (χ2n) is 4.04. The van der Waals surface area contributed by atoms with Crippen molar-refractivity contribution >= 4 is 11.9 Å². The number of carboxylic acids is 1. The molecular formula is C11H19NO8. The Bertz CT molecular complexity index is 358. The summed E-state index contributed by atoms with van der Waals surface area (Å²) in [6, 6.07) is -1.19. The summed E-state index contributed by atoms with van der Waals surface area (Å²) in [5.74, 6) is -2.83. The van der Waals surface area contributed by atoms with E-state index in [4.69, 9.17) is 14.9 Å². The largest absolute Gasteiger partial charge is 0.479 e. The van der Waals surface area contributed by atoms with Gasteiger partial charge in [0.1, 0.15) is 18.3 Å². The van der Waals surface area contributed by atoms with Crippen molar-refractivity contribution in [2.45, 2.75) is 31.3 Å². The van der Waals surface area contributed by atoms with E-state index < -0.39 is 55.2 Å². The van der Waals surface area contributed by atoms with E-state index in [1.54, 1.807) is 0 Å². The lowest BCUT2D eigenvalue weighted by Gasteiger charge is -2.32. The van der Waals surface area contributed by atoms with E-state index in [9.17, 15) is 24.9 Å². The zero-order valence-electron chi connectivity index (χ0n) is 10.9. The van der Waals surface area contributed by atoms with E-state index >= 15 is 0 Å².